The van der Waals surface area contributed by atoms with Crippen LogP contribution in [-0.2, 0) is 0 Å². The van der Waals surface area contributed by atoms with Crippen molar-refractivity contribution in [2.45, 2.75) is 11.3 Å². The van der Waals surface area contributed by atoms with Crippen LogP contribution < -0.4 is 4.74 Å². The molecule has 0 radical (unpaired) electrons. The van der Waals surface area contributed by atoms with Crippen molar-refractivity contribution in [1.82, 2.24) is 0 Å². The summed E-state index contributed by atoms with van der Waals surface area (Å²) in [4.78, 5) is 11.8. The van der Waals surface area contributed by atoms with Crippen LogP contribution in [0.5, 0.6) is 5.75 Å². The molecule has 2 aromatic carbocycles. The standard InChI is InChI=1S/C16H15ClO3S/c17-13-4-6-14(7-5-13)20-10-1-11-21-15-8-2-12(3-9-15)16(18)19/h2-9H,1,10-11H2,(H,18,19). The van der Waals surface area contributed by atoms with E-state index in [-0.39, 0.29) is 0 Å². The molecule has 110 valence electrons. The molecule has 1 N–H and O–H groups in total. The molecule has 0 saturated carbocycles. The van der Waals surface area contributed by atoms with Crippen LogP contribution in [0, 0.1) is 0 Å². The van der Waals surface area contributed by atoms with Gasteiger partial charge in [-0.25, -0.2) is 4.79 Å². The fourth-order valence-corrected chi connectivity index (χ4v) is 2.62. The molecule has 0 heterocycles. The number of aromatic carboxylic acids is 1. The van der Waals surface area contributed by atoms with E-state index >= 15 is 0 Å². The SMILES string of the molecule is O=C(O)c1ccc(SCCCOc2ccc(Cl)cc2)cc1. The zero-order valence-electron chi connectivity index (χ0n) is 11.3. The first-order valence-corrected chi connectivity index (χ1v) is 7.86. The van der Waals surface area contributed by atoms with Crippen LogP contribution >= 0.6 is 23.4 Å². The van der Waals surface area contributed by atoms with Crippen LogP contribution in [0.3, 0.4) is 0 Å². The minimum atomic E-state index is -0.900. The van der Waals surface area contributed by atoms with Gasteiger partial charge in [-0.1, -0.05) is 11.6 Å². The van der Waals surface area contributed by atoms with Crippen molar-refractivity contribution < 1.29 is 14.6 Å². The number of carboxylic acids is 1. The van der Waals surface area contributed by atoms with Crippen molar-refractivity contribution in [3.63, 3.8) is 0 Å². The predicted molar refractivity (Wildman–Crippen MR) is 85.7 cm³/mol. The Morgan fingerprint density at radius 3 is 2.38 bits per heavy atom. The number of hydrogen-bond acceptors (Lipinski definition) is 3. The molecule has 2 aromatic rings. The number of benzene rings is 2. The number of thioether (sulfide) groups is 1. The highest BCUT2D eigenvalue weighted by Crippen LogP contribution is 2.20. The van der Waals surface area contributed by atoms with Crippen LogP contribution in [-0.4, -0.2) is 23.4 Å². The molecule has 0 spiro atoms. The van der Waals surface area contributed by atoms with E-state index in [1.165, 1.54) is 0 Å². The average molecular weight is 323 g/mol. The lowest BCUT2D eigenvalue weighted by Crippen LogP contribution is -1.98. The lowest BCUT2D eigenvalue weighted by molar-refractivity contribution is 0.0697. The first-order valence-electron chi connectivity index (χ1n) is 6.50. The second-order valence-corrected chi connectivity index (χ2v) is 5.94. The van der Waals surface area contributed by atoms with Gasteiger partial charge >= 0.3 is 5.97 Å². The third-order valence-electron chi connectivity index (χ3n) is 2.74. The Bertz CT molecular complexity index is 581. The van der Waals surface area contributed by atoms with E-state index in [2.05, 4.69) is 0 Å². The molecular formula is C16H15ClO3S. The lowest BCUT2D eigenvalue weighted by Gasteiger charge is -2.06. The highest BCUT2D eigenvalue weighted by atomic mass is 35.5. The van der Waals surface area contributed by atoms with Crippen molar-refractivity contribution in [1.29, 1.82) is 0 Å². The van der Waals surface area contributed by atoms with Gasteiger partial charge in [-0.2, -0.15) is 0 Å². The molecule has 2 rings (SSSR count). The Balaban J connectivity index is 1.67. The van der Waals surface area contributed by atoms with Gasteiger partial charge in [0.25, 0.3) is 0 Å². The van der Waals surface area contributed by atoms with E-state index in [4.69, 9.17) is 21.4 Å². The molecule has 0 fully saturated rings. The smallest absolute Gasteiger partial charge is 0.335 e. The third-order valence-corrected chi connectivity index (χ3v) is 4.09. The van der Waals surface area contributed by atoms with Crippen LogP contribution in [0.1, 0.15) is 16.8 Å². The third kappa shape index (κ3) is 5.33. The molecule has 21 heavy (non-hydrogen) atoms. The van der Waals surface area contributed by atoms with E-state index in [9.17, 15) is 4.79 Å². The van der Waals surface area contributed by atoms with Gasteiger partial charge < -0.3 is 9.84 Å². The maximum Gasteiger partial charge on any atom is 0.335 e. The molecule has 0 bridgehead atoms. The summed E-state index contributed by atoms with van der Waals surface area (Å²) in [6.45, 7) is 0.641. The molecule has 3 nitrogen and oxygen atoms in total. The Kier molecular flexibility index (Phi) is 5.96. The molecule has 0 aliphatic rings. The van der Waals surface area contributed by atoms with Gasteiger partial charge in [0.15, 0.2) is 0 Å². The summed E-state index contributed by atoms with van der Waals surface area (Å²) in [7, 11) is 0. The maximum absolute atomic E-state index is 10.7. The molecule has 0 saturated heterocycles. The zero-order chi connectivity index (χ0) is 15.1. The van der Waals surface area contributed by atoms with Crippen molar-refractivity contribution in [2.24, 2.45) is 0 Å². The first kappa shape index (κ1) is 15.7. The molecule has 0 aliphatic heterocycles. The van der Waals surface area contributed by atoms with Gasteiger partial charge in [-0.05, 0) is 55.0 Å². The second kappa shape index (κ2) is 7.96. The number of ether oxygens (including phenoxy) is 1. The molecular weight excluding hydrogens is 308 g/mol. The van der Waals surface area contributed by atoms with Crippen LogP contribution in [0.25, 0.3) is 0 Å². The normalized spacial score (nSPS) is 10.3. The van der Waals surface area contributed by atoms with Gasteiger partial charge in [0.2, 0.25) is 0 Å². The van der Waals surface area contributed by atoms with Gasteiger partial charge in [-0.15, -0.1) is 11.8 Å². The van der Waals surface area contributed by atoms with E-state index in [1.54, 1.807) is 36.0 Å². The van der Waals surface area contributed by atoms with E-state index in [0.717, 1.165) is 22.8 Å². The predicted octanol–water partition coefficient (Wildman–Crippen LogP) is 4.60. The summed E-state index contributed by atoms with van der Waals surface area (Å²) in [5.74, 6) is 0.832. The first-order chi connectivity index (χ1) is 10.1. The van der Waals surface area contributed by atoms with Crippen molar-refractivity contribution in [3.8, 4) is 5.75 Å². The number of halogens is 1. The molecule has 0 aliphatic carbocycles. The van der Waals surface area contributed by atoms with Gasteiger partial charge in [-0.3, -0.25) is 0 Å². The highest BCUT2D eigenvalue weighted by Gasteiger charge is 2.02. The Morgan fingerprint density at radius 1 is 1.10 bits per heavy atom. The maximum atomic E-state index is 10.7. The summed E-state index contributed by atoms with van der Waals surface area (Å²) in [5.41, 5.74) is 0.311. The summed E-state index contributed by atoms with van der Waals surface area (Å²) in [5, 5.41) is 9.51. The lowest BCUT2D eigenvalue weighted by atomic mass is 10.2. The Hall–Kier alpha value is -1.65. The number of carboxylic acid groups (broad SMARTS) is 1. The largest absolute Gasteiger partial charge is 0.494 e. The molecule has 5 heteroatoms. The Labute approximate surface area is 132 Å². The zero-order valence-corrected chi connectivity index (χ0v) is 12.9. The average Bonchev–Trinajstić information content (AvgIpc) is 2.49. The fraction of sp³-hybridized carbons (Fsp3) is 0.188. The van der Waals surface area contributed by atoms with Crippen LogP contribution in [0.4, 0.5) is 0 Å². The van der Waals surface area contributed by atoms with Gasteiger partial charge in [0, 0.05) is 15.7 Å². The number of carbonyl (C=O) groups is 1. The van der Waals surface area contributed by atoms with Gasteiger partial charge in [0.1, 0.15) is 5.75 Å². The molecule has 0 amide bonds. The fourth-order valence-electron chi connectivity index (χ4n) is 1.66. The molecule has 0 atom stereocenters. The summed E-state index contributed by atoms with van der Waals surface area (Å²) in [6.07, 6.45) is 0.911. The number of rotatable bonds is 7. The van der Waals surface area contributed by atoms with E-state index in [0.29, 0.717) is 17.2 Å². The van der Waals surface area contributed by atoms with E-state index in [1.807, 2.05) is 24.3 Å². The molecule has 0 aromatic heterocycles. The minimum absolute atomic E-state index is 0.311. The van der Waals surface area contributed by atoms with Crippen LogP contribution in [0.2, 0.25) is 5.02 Å². The number of hydrogen-bond donors (Lipinski definition) is 1. The summed E-state index contributed by atoms with van der Waals surface area (Å²) >= 11 is 7.48. The Morgan fingerprint density at radius 2 is 1.76 bits per heavy atom. The van der Waals surface area contributed by atoms with Crippen LogP contribution in [0.15, 0.2) is 53.4 Å². The highest BCUT2D eigenvalue weighted by molar-refractivity contribution is 7.99. The van der Waals surface area contributed by atoms with Gasteiger partial charge in [0.05, 0.1) is 12.2 Å². The molecule has 0 unspecified atom stereocenters. The topological polar surface area (TPSA) is 46.5 Å². The summed E-state index contributed by atoms with van der Waals surface area (Å²) < 4.78 is 5.60. The quantitative estimate of drug-likeness (QED) is 0.598. The summed E-state index contributed by atoms with van der Waals surface area (Å²) in [6, 6.07) is 14.2. The second-order valence-electron chi connectivity index (χ2n) is 4.33. The van der Waals surface area contributed by atoms with Crippen molar-refractivity contribution in [3.05, 3.63) is 59.1 Å². The van der Waals surface area contributed by atoms with E-state index < -0.39 is 5.97 Å². The van der Waals surface area contributed by atoms with Crippen molar-refractivity contribution in [2.75, 3.05) is 12.4 Å². The monoisotopic (exact) mass is 322 g/mol. The minimum Gasteiger partial charge on any atom is -0.494 e. The van der Waals surface area contributed by atoms with Crippen molar-refractivity contribution >= 4 is 29.3 Å².